The maximum Gasteiger partial charge on any atom is 0.0728 e. The van der Waals surface area contributed by atoms with E-state index in [1.54, 1.807) is 48.5 Å². The lowest BCUT2D eigenvalue weighted by molar-refractivity contribution is -0.255. The van der Waals surface area contributed by atoms with Crippen LogP contribution < -0.4 is 10.2 Å². The van der Waals surface area contributed by atoms with Crippen molar-refractivity contribution in [2.75, 3.05) is 0 Å². The van der Waals surface area contributed by atoms with Crippen molar-refractivity contribution < 1.29 is 19.8 Å². The maximum absolute atomic E-state index is 12.1. The number of aromatic carboxylic acids is 2. The molecule has 0 fully saturated rings. The average molecular weight is 364 g/mol. The second-order valence-electron chi connectivity index (χ2n) is 5.87. The Morgan fingerprint density at radius 3 is 1.75 bits per heavy atom. The van der Waals surface area contributed by atoms with Crippen LogP contribution in [0.5, 0.6) is 0 Å². The van der Waals surface area contributed by atoms with Gasteiger partial charge in [-0.1, -0.05) is 60.4 Å². The fraction of sp³-hybridized carbons (Fsp3) is 0. The lowest BCUT2D eigenvalue weighted by Gasteiger charge is -2.22. The molecular formula is C24H12O4-2. The smallest absolute Gasteiger partial charge is 0.0728 e. The standard InChI is InChI=1S/C24H14O4/c1-3-15-9-5-7-11-17(15)19-13-14-20(23(25)26)21(22(19)24(27)28)18-12-8-6-10-16(18)4-2/h1-2,5-14H,(H,25,26)(H,27,28)/p-2. The number of terminal acetylenes is 2. The van der Waals surface area contributed by atoms with Crippen LogP contribution in [0.2, 0.25) is 0 Å². The number of carbonyl (C=O) groups excluding carboxylic acids is 2. The number of carboxylic acid groups (broad SMARTS) is 2. The van der Waals surface area contributed by atoms with E-state index in [-0.39, 0.29) is 27.8 Å². The summed E-state index contributed by atoms with van der Waals surface area (Å²) in [5.74, 6) is 1.88. The van der Waals surface area contributed by atoms with Crippen molar-refractivity contribution in [1.29, 1.82) is 0 Å². The van der Waals surface area contributed by atoms with Crippen LogP contribution in [0.15, 0.2) is 60.7 Å². The maximum atomic E-state index is 12.1. The predicted molar refractivity (Wildman–Crippen MR) is 102 cm³/mol. The molecule has 0 spiro atoms. The monoisotopic (exact) mass is 364 g/mol. The molecule has 0 N–H and O–H groups in total. The van der Waals surface area contributed by atoms with Crippen LogP contribution in [-0.2, 0) is 0 Å². The minimum absolute atomic E-state index is 0.0714. The summed E-state index contributed by atoms with van der Waals surface area (Å²) in [6, 6.07) is 15.9. The highest BCUT2D eigenvalue weighted by Gasteiger charge is 2.20. The Morgan fingerprint density at radius 2 is 1.21 bits per heavy atom. The fourth-order valence-corrected chi connectivity index (χ4v) is 3.16. The fourth-order valence-electron chi connectivity index (χ4n) is 3.16. The van der Waals surface area contributed by atoms with E-state index in [1.807, 2.05) is 0 Å². The van der Waals surface area contributed by atoms with Crippen LogP contribution in [-0.4, -0.2) is 11.9 Å². The molecule has 3 rings (SSSR count). The van der Waals surface area contributed by atoms with Gasteiger partial charge in [0.1, 0.15) is 0 Å². The van der Waals surface area contributed by atoms with Gasteiger partial charge in [0.05, 0.1) is 11.9 Å². The van der Waals surface area contributed by atoms with Crippen LogP contribution >= 0.6 is 0 Å². The van der Waals surface area contributed by atoms with E-state index in [1.165, 1.54) is 12.1 Å². The lowest BCUT2D eigenvalue weighted by Crippen LogP contribution is -2.28. The van der Waals surface area contributed by atoms with Gasteiger partial charge in [0.25, 0.3) is 0 Å². The molecule has 0 aromatic heterocycles. The number of hydrogen-bond acceptors (Lipinski definition) is 4. The summed E-state index contributed by atoms with van der Waals surface area (Å²) in [7, 11) is 0. The Labute approximate surface area is 162 Å². The number of hydrogen-bond donors (Lipinski definition) is 0. The van der Waals surface area contributed by atoms with Crippen molar-refractivity contribution in [2.24, 2.45) is 0 Å². The van der Waals surface area contributed by atoms with Gasteiger partial charge in [0.2, 0.25) is 0 Å². The van der Waals surface area contributed by atoms with E-state index in [0.29, 0.717) is 16.7 Å². The van der Waals surface area contributed by atoms with Crippen molar-refractivity contribution in [3.63, 3.8) is 0 Å². The minimum atomic E-state index is -1.55. The third-order valence-corrected chi connectivity index (χ3v) is 4.35. The highest BCUT2D eigenvalue weighted by atomic mass is 16.4. The Bertz CT molecular complexity index is 1190. The lowest BCUT2D eigenvalue weighted by atomic mass is 9.85. The Morgan fingerprint density at radius 1 is 0.679 bits per heavy atom. The number of carbonyl (C=O) groups is 2. The largest absolute Gasteiger partial charge is 0.545 e. The van der Waals surface area contributed by atoms with Gasteiger partial charge in [-0.3, -0.25) is 0 Å². The highest BCUT2D eigenvalue weighted by Crippen LogP contribution is 2.37. The Balaban J connectivity index is 2.51. The summed E-state index contributed by atoms with van der Waals surface area (Å²) in [6.07, 6.45) is 11.1. The molecule has 134 valence electrons. The SMILES string of the molecule is C#Cc1ccccc1-c1ccc(C(=O)[O-])c(-c2ccccc2C#C)c1C(=O)[O-]. The number of benzene rings is 3. The van der Waals surface area contributed by atoms with Crippen LogP contribution in [0.1, 0.15) is 31.8 Å². The highest BCUT2D eigenvalue weighted by molar-refractivity contribution is 6.09. The molecule has 0 heterocycles. The van der Waals surface area contributed by atoms with Crippen molar-refractivity contribution in [3.8, 4) is 46.9 Å². The van der Waals surface area contributed by atoms with E-state index >= 15 is 0 Å². The van der Waals surface area contributed by atoms with Gasteiger partial charge in [0.15, 0.2) is 0 Å². The zero-order valence-corrected chi connectivity index (χ0v) is 14.6. The van der Waals surface area contributed by atoms with E-state index in [9.17, 15) is 19.8 Å². The first kappa shape index (κ1) is 18.5. The quantitative estimate of drug-likeness (QED) is 0.660. The molecule has 28 heavy (non-hydrogen) atoms. The van der Waals surface area contributed by atoms with Gasteiger partial charge in [-0.2, -0.15) is 0 Å². The number of rotatable bonds is 4. The molecule has 0 unspecified atom stereocenters. The summed E-state index contributed by atoms with van der Waals surface area (Å²) in [6.45, 7) is 0. The van der Waals surface area contributed by atoms with Gasteiger partial charge in [-0.05, 0) is 28.8 Å². The molecule has 0 bridgehead atoms. The zero-order chi connectivity index (χ0) is 20.3. The molecule has 0 saturated carbocycles. The first-order valence-electron chi connectivity index (χ1n) is 8.21. The third kappa shape index (κ3) is 3.11. The van der Waals surface area contributed by atoms with E-state index < -0.39 is 11.9 Å². The normalized spacial score (nSPS) is 9.93. The van der Waals surface area contributed by atoms with E-state index in [2.05, 4.69) is 11.8 Å². The van der Waals surface area contributed by atoms with E-state index in [4.69, 9.17) is 12.8 Å². The molecule has 4 heteroatoms. The molecule has 0 amide bonds. The molecule has 0 aliphatic heterocycles. The van der Waals surface area contributed by atoms with Crippen molar-refractivity contribution in [3.05, 3.63) is 82.9 Å². The Hall–Kier alpha value is -4.28. The summed E-state index contributed by atoms with van der Waals surface area (Å²) in [5, 5.41) is 23.9. The molecule has 0 aliphatic rings. The molecule has 0 radical (unpaired) electrons. The van der Waals surface area contributed by atoms with Gasteiger partial charge >= 0.3 is 0 Å². The van der Waals surface area contributed by atoms with Gasteiger partial charge in [-0.25, -0.2) is 0 Å². The molecule has 3 aromatic rings. The summed E-state index contributed by atoms with van der Waals surface area (Å²) in [4.78, 5) is 23.9. The molecule has 3 aromatic carbocycles. The third-order valence-electron chi connectivity index (χ3n) is 4.35. The van der Waals surface area contributed by atoms with Gasteiger partial charge in [-0.15, -0.1) is 12.8 Å². The van der Waals surface area contributed by atoms with Crippen molar-refractivity contribution in [1.82, 2.24) is 0 Å². The van der Waals surface area contributed by atoms with Crippen LogP contribution in [0.4, 0.5) is 0 Å². The average Bonchev–Trinajstić information content (AvgIpc) is 2.72. The predicted octanol–water partition coefficient (Wildman–Crippen LogP) is 1.71. The van der Waals surface area contributed by atoms with Gasteiger partial charge < -0.3 is 19.8 Å². The number of carboxylic acids is 2. The molecule has 0 saturated heterocycles. The molecular weight excluding hydrogens is 352 g/mol. The zero-order valence-electron chi connectivity index (χ0n) is 14.6. The summed E-state index contributed by atoms with van der Waals surface area (Å²) >= 11 is 0. The second-order valence-corrected chi connectivity index (χ2v) is 5.87. The minimum Gasteiger partial charge on any atom is -0.545 e. The first-order valence-corrected chi connectivity index (χ1v) is 8.21. The van der Waals surface area contributed by atoms with Crippen LogP contribution in [0.3, 0.4) is 0 Å². The molecule has 0 atom stereocenters. The first-order chi connectivity index (χ1) is 13.5. The van der Waals surface area contributed by atoms with Crippen molar-refractivity contribution in [2.45, 2.75) is 0 Å². The Kier molecular flexibility index (Phi) is 4.98. The van der Waals surface area contributed by atoms with Crippen molar-refractivity contribution >= 4 is 11.9 Å². The van der Waals surface area contributed by atoms with Crippen LogP contribution in [0.25, 0.3) is 22.3 Å². The molecule has 4 nitrogen and oxygen atoms in total. The summed E-state index contributed by atoms with van der Waals surface area (Å²) in [5.41, 5.74) is 1.10. The topological polar surface area (TPSA) is 80.3 Å². The second kappa shape index (κ2) is 7.53. The van der Waals surface area contributed by atoms with Gasteiger partial charge in [0, 0.05) is 27.8 Å². The summed E-state index contributed by atoms with van der Waals surface area (Å²) < 4.78 is 0. The molecule has 0 aliphatic carbocycles. The van der Waals surface area contributed by atoms with E-state index in [0.717, 1.165) is 0 Å². The van der Waals surface area contributed by atoms with Crippen LogP contribution in [0, 0.1) is 24.7 Å².